The summed E-state index contributed by atoms with van der Waals surface area (Å²) in [6.45, 7) is 19.7. The van der Waals surface area contributed by atoms with Gasteiger partial charge in [-0.25, -0.2) is 4.79 Å². The number of ketones is 1. The van der Waals surface area contributed by atoms with Gasteiger partial charge in [0.15, 0.2) is 5.78 Å². The molecule has 0 spiro atoms. The average Bonchev–Trinajstić information content (AvgIpc) is 3.61. The van der Waals surface area contributed by atoms with Gasteiger partial charge in [0.25, 0.3) is 5.91 Å². The number of allylic oxidation sites excluding steroid dienone is 6. The predicted octanol–water partition coefficient (Wildman–Crippen LogP) is 6.93. The number of carbonyl (C=O) groups is 3. The molecule has 0 aromatic heterocycles. The molecule has 0 unspecified atom stereocenters. The highest BCUT2D eigenvalue weighted by atomic mass is 16.2. The molecule has 1 saturated heterocycles. The maximum absolute atomic E-state index is 11.3. The zero-order valence-electron chi connectivity index (χ0n) is 24.3. The third-order valence-electron chi connectivity index (χ3n) is 5.78. The van der Waals surface area contributed by atoms with Crippen LogP contribution in [0.2, 0.25) is 0 Å². The van der Waals surface area contributed by atoms with E-state index in [1.54, 1.807) is 13.0 Å². The van der Waals surface area contributed by atoms with E-state index in [4.69, 9.17) is 11.1 Å². The maximum atomic E-state index is 11.3. The van der Waals surface area contributed by atoms with Crippen LogP contribution >= 0.6 is 0 Å². The molecule has 38 heavy (non-hydrogen) atoms. The molecule has 208 valence electrons. The van der Waals surface area contributed by atoms with Gasteiger partial charge in [-0.1, -0.05) is 77.8 Å². The summed E-state index contributed by atoms with van der Waals surface area (Å²) in [7, 11) is 0. The fraction of sp³-hybridized carbons (Fsp3) is 0.419. The van der Waals surface area contributed by atoms with Crippen molar-refractivity contribution >= 4 is 29.5 Å². The van der Waals surface area contributed by atoms with Crippen LogP contribution in [0.1, 0.15) is 90.6 Å². The van der Waals surface area contributed by atoms with E-state index in [1.807, 2.05) is 52.0 Å². The zero-order chi connectivity index (χ0) is 29.4. The highest BCUT2D eigenvalue weighted by Gasteiger charge is 2.22. The number of benzene rings is 1. The zero-order valence-corrected chi connectivity index (χ0v) is 24.3. The summed E-state index contributed by atoms with van der Waals surface area (Å²) < 4.78 is 0. The lowest BCUT2D eigenvalue weighted by atomic mass is 9.98. The largest absolute Gasteiger partial charge is 0.402 e. The molecule has 1 saturated carbocycles. The Kier molecular flexibility index (Phi) is 15.9. The Labute approximate surface area is 228 Å². The molecule has 3 amide bonds. The van der Waals surface area contributed by atoms with Gasteiger partial charge in [0.05, 0.1) is 0 Å². The summed E-state index contributed by atoms with van der Waals surface area (Å²) in [4.78, 5) is 33.2. The highest BCUT2D eigenvalue weighted by Crippen LogP contribution is 2.26. The van der Waals surface area contributed by atoms with Crippen molar-refractivity contribution < 1.29 is 14.4 Å². The van der Waals surface area contributed by atoms with Crippen LogP contribution in [0.15, 0.2) is 65.5 Å². The lowest BCUT2D eigenvalue weighted by Gasteiger charge is -2.10. The van der Waals surface area contributed by atoms with E-state index in [2.05, 4.69) is 38.0 Å². The number of nitrogens with one attached hydrogen (secondary N) is 3. The average molecular weight is 523 g/mol. The summed E-state index contributed by atoms with van der Waals surface area (Å²) in [6, 6.07) is 6.94. The van der Waals surface area contributed by atoms with Crippen LogP contribution in [0, 0.1) is 17.2 Å². The van der Waals surface area contributed by atoms with Crippen molar-refractivity contribution in [1.82, 2.24) is 10.6 Å². The van der Waals surface area contributed by atoms with Crippen LogP contribution in [0.3, 0.4) is 0 Å². The van der Waals surface area contributed by atoms with Crippen molar-refractivity contribution in [3.05, 3.63) is 76.7 Å². The summed E-state index contributed by atoms with van der Waals surface area (Å²) in [5.41, 5.74) is 11.0. The van der Waals surface area contributed by atoms with Gasteiger partial charge < -0.3 is 16.5 Å². The van der Waals surface area contributed by atoms with Crippen molar-refractivity contribution in [2.45, 2.75) is 74.7 Å². The molecule has 0 bridgehead atoms. The molecule has 7 nitrogen and oxygen atoms in total. The van der Waals surface area contributed by atoms with Crippen LogP contribution in [0.25, 0.3) is 5.57 Å². The number of urea groups is 1. The van der Waals surface area contributed by atoms with Crippen molar-refractivity contribution in [2.24, 2.45) is 17.6 Å². The Morgan fingerprint density at radius 3 is 2.11 bits per heavy atom. The van der Waals surface area contributed by atoms with Gasteiger partial charge in [-0.15, -0.1) is 0 Å². The summed E-state index contributed by atoms with van der Waals surface area (Å²) in [6.07, 6.45) is 8.49. The Morgan fingerprint density at radius 1 is 1.16 bits per heavy atom. The van der Waals surface area contributed by atoms with Gasteiger partial charge >= 0.3 is 6.03 Å². The number of hydrogen-bond acceptors (Lipinski definition) is 5. The second kappa shape index (κ2) is 17.7. The quantitative estimate of drug-likeness (QED) is 0.102. The fourth-order valence-corrected chi connectivity index (χ4v) is 2.74. The molecule has 1 aliphatic heterocycles. The van der Waals surface area contributed by atoms with Crippen molar-refractivity contribution in [3.8, 4) is 0 Å². The van der Waals surface area contributed by atoms with Crippen LogP contribution in [0.5, 0.6) is 0 Å². The Morgan fingerprint density at radius 2 is 1.71 bits per heavy atom. The monoisotopic (exact) mass is 522 g/mol. The first-order valence-corrected chi connectivity index (χ1v) is 13.2. The minimum absolute atomic E-state index is 0.0588. The van der Waals surface area contributed by atoms with Crippen LogP contribution in [0.4, 0.5) is 4.79 Å². The highest BCUT2D eigenvalue weighted by molar-refractivity contribution is 6.12. The van der Waals surface area contributed by atoms with E-state index in [1.165, 1.54) is 18.9 Å². The molecule has 1 heterocycles. The van der Waals surface area contributed by atoms with Gasteiger partial charge in [0, 0.05) is 17.5 Å². The Bertz CT molecular complexity index is 1090. The molecule has 1 aromatic rings. The van der Waals surface area contributed by atoms with Crippen molar-refractivity contribution in [1.29, 1.82) is 5.41 Å². The van der Waals surface area contributed by atoms with Crippen LogP contribution in [-0.4, -0.2) is 23.9 Å². The fourth-order valence-electron chi connectivity index (χ4n) is 2.74. The van der Waals surface area contributed by atoms with E-state index in [-0.39, 0.29) is 11.5 Å². The van der Waals surface area contributed by atoms with E-state index in [9.17, 15) is 14.4 Å². The molecule has 1 aliphatic carbocycles. The van der Waals surface area contributed by atoms with Gasteiger partial charge in [0.2, 0.25) is 0 Å². The number of imide groups is 1. The lowest BCUT2D eigenvalue weighted by Crippen LogP contribution is -2.22. The number of Topliss-reactive ketones (excluding diaryl/α,β-unsaturated/α-hetero) is 1. The topological polar surface area (TPSA) is 125 Å². The summed E-state index contributed by atoms with van der Waals surface area (Å²) in [5, 5.41) is 11.5. The van der Waals surface area contributed by atoms with Gasteiger partial charge in [-0.3, -0.25) is 14.9 Å². The number of carbonyl (C=O) groups excluding carboxylic acids is 3. The number of nitrogens with two attached hydrogens (primary N) is 1. The summed E-state index contributed by atoms with van der Waals surface area (Å²) >= 11 is 0. The second-order valence-electron chi connectivity index (χ2n) is 9.36. The van der Waals surface area contributed by atoms with Crippen molar-refractivity contribution in [3.63, 3.8) is 0 Å². The number of rotatable bonds is 7. The first-order valence-electron chi connectivity index (χ1n) is 13.2. The molecule has 5 N–H and O–H groups in total. The third kappa shape index (κ3) is 13.0. The van der Waals surface area contributed by atoms with Gasteiger partial charge in [-0.05, 0) is 74.0 Å². The Hall–Kier alpha value is -3.74. The van der Waals surface area contributed by atoms with Gasteiger partial charge in [0.1, 0.15) is 5.70 Å². The molecule has 1 aromatic carbocycles. The molecule has 7 heteroatoms. The van der Waals surface area contributed by atoms with E-state index >= 15 is 0 Å². The molecule has 3 rings (SSSR count). The number of hydrogen-bond donors (Lipinski definition) is 4. The summed E-state index contributed by atoms with van der Waals surface area (Å²) in [5.74, 6) is 1.02. The van der Waals surface area contributed by atoms with E-state index in [0.717, 1.165) is 41.0 Å². The standard InChI is InChI=1S/C16H21NO.C9H11N3O2.C4H8.C2H6/c1-5-11(2)16(17)9-12(3)14-7-6-8-15(10-14)13(4)18;1-5(2)6(4-10)3-7-8(13)12-9(14)11-7;1-4-2-3-4;1-2/h6-11H,3,5,17H2,1-2,4H3;3-4,10H,1-2H3,(H2,11,12,13,14);4H,2-3H2,1H3;1-2H3/b16-9+;7-3-,10-4?;;/t11-;;;/m1.../s1. The predicted molar refractivity (Wildman–Crippen MR) is 159 cm³/mol. The molecule has 2 fully saturated rings. The van der Waals surface area contributed by atoms with E-state index < -0.39 is 11.9 Å². The first-order chi connectivity index (χ1) is 17.9. The normalized spacial score (nSPS) is 15.7. The SMILES string of the molecule is C=C(/C=C(/N)[C@H](C)CC)c1cccc(C(C)=O)c1.CC.CC(C)=C(C=N)/C=C1\NC(=O)NC1=O.CC1CC1. The minimum atomic E-state index is -0.528. The first kappa shape index (κ1) is 34.3. The smallest absolute Gasteiger partial charge is 0.326 e. The third-order valence-corrected chi connectivity index (χ3v) is 5.78. The van der Waals surface area contributed by atoms with Crippen LogP contribution in [-0.2, 0) is 4.79 Å². The number of amides is 3. The minimum Gasteiger partial charge on any atom is -0.402 e. The van der Waals surface area contributed by atoms with Crippen LogP contribution < -0.4 is 16.4 Å². The van der Waals surface area contributed by atoms with Crippen molar-refractivity contribution in [2.75, 3.05) is 0 Å². The molecular weight excluding hydrogens is 476 g/mol. The second-order valence-corrected chi connectivity index (χ2v) is 9.36. The van der Waals surface area contributed by atoms with Gasteiger partial charge in [-0.2, -0.15) is 0 Å². The molecule has 0 radical (unpaired) electrons. The van der Waals surface area contributed by atoms with E-state index in [0.29, 0.717) is 17.1 Å². The molecular formula is C31H46N4O3. The lowest BCUT2D eigenvalue weighted by molar-refractivity contribution is -0.115. The molecule has 2 aliphatic rings. The molecule has 1 atom stereocenters. The Balaban J connectivity index is 0.000000603. The maximum Gasteiger partial charge on any atom is 0.326 e.